The van der Waals surface area contributed by atoms with Crippen molar-refractivity contribution in [2.45, 2.75) is 145 Å². The van der Waals surface area contributed by atoms with Crippen molar-refractivity contribution in [1.29, 1.82) is 0 Å². The van der Waals surface area contributed by atoms with Crippen molar-refractivity contribution < 1.29 is 14.4 Å². The number of hydrogen-bond acceptors (Lipinski definition) is 3. The van der Waals surface area contributed by atoms with Crippen molar-refractivity contribution in [1.82, 2.24) is 0 Å². The van der Waals surface area contributed by atoms with E-state index in [0.29, 0.717) is 46.1 Å². The first kappa shape index (κ1) is 31.3. The van der Waals surface area contributed by atoms with Gasteiger partial charge in [-0.15, -0.1) is 0 Å². The fraction of sp³-hybridized carbons (Fsp3) is 0.857. The van der Waals surface area contributed by atoms with Gasteiger partial charge in [-0.2, -0.15) is 0 Å². The maximum atomic E-state index is 12.4. The predicted octanol–water partition coefficient (Wildman–Crippen LogP) is 9.32. The molecule has 6 atom stereocenters. The molecular weight excluding hydrogens is 468 g/mol. The molecule has 4 aliphatic carbocycles. The zero-order valence-electron chi connectivity index (χ0n) is 26.1. The van der Waals surface area contributed by atoms with Crippen LogP contribution in [0.4, 0.5) is 0 Å². The van der Waals surface area contributed by atoms with Gasteiger partial charge in [0.2, 0.25) is 0 Å². The number of Topliss-reactive ketones (excluding diaryl/α,β-unsaturated/α-hetero) is 3. The summed E-state index contributed by atoms with van der Waals surface area (Å²) in [5.74, 6) is 3.09. The highest BCUT2D eigenvalue weighted by Crippen LogP contribution is 2.62. The average Bonchev–Trinajstić information content (AvgIpc) is 2.77. The molecule has 0 aliphatic heterocycles. The van der Waals surface area contributed by atoms with Gasteiger partial charge >= 0.3 is 0 Å². The van der Waals surface area contributed by atoms with E-state index in [1.54, 1.807) is 13.8 Å². The van der Waals surface area contributed by atoms with Crippen LogP contribution in [-0.4, -0.2) is 17.3 Å². The Balaban J connectivity index is 0.000000211. The number of carbonyl (C=O) groups is 3. The summed E-state index contributed by atoms with van der Waals surface area (Å²) in [5.41, 5.74) is 2.74. The molecule has 0 aromatic rings. The molecule has 3 heteroatoms. The van der Waals surface area contributed by atoms with Gasteiger partial charge < -0.3 is 9.59 Å². The molecule has 0 N–H and O–H groups in total. The first-order valence-corrected chi connectivity index (χ1v) is 15.7. The quantitative estimate of drug-likeness (QED) is 0.324. The zero-order chi connectivity index (χ0) is 28.5. The molecular formula is C35H58O3. The Kier molecular flexibility index (Phi) is 9.63. The Morgan fingerprint density at radius 2 is 1.13 bits per heavy atom. The Labute approximate surface area is 234 Å². The van der Waals surface area contributed by atoms with Gasteiger partial charge in [-0.3, -0.25) is 4.79 Å². The monoisotopic (exact) mass is 526 g/mol. The minimum absolute atomic E-state index is 0.120. The minimum atomic E-state index is 0.120. The van der Waals surface area contributed by atoms with Crippen LogP contribution in [0.5, 0.6) is 0 Å². The fourth-order valence-corrected chi connectivity index (χ4v) is 10.1. The van der Waals surface area contributed by atoms with E-state index in [0.717, 1.165) is 44.4 Å². The smallest absolute Gasteiger partial charge is 0.136 e. The maximum Gasteiger partial charge on any atom is 0.136 e. The van der Waals surface area contributed by atoms with Crippen molar-refractivity contribution in [2.24, 2.45) is 45.3 Å². The predicted molar refractivity (Wildman–Crippen MR) is 158 cm³/mol. The molecule has 4 saturated carbocycles. The van der Waals surface area contributed by atoms with Crippen LogP contribution >= 0.6 is 0 Å². The topological polar surface area (TPSA) is 51.2 Å². The first-order chi connectivity index (χ1) is 17.5. The van der Waals surface area contributed by atoms with E-state index in [4.69, 9.17) is 0 Å². The van der Waals surface area contributed by atoms with E-state index in [2.05, 4.69) is 48.1 Å². The minimum Gasteiger partial charge on any atom is -0.300 e. The molecule has 0 saturated heterocycles. The fourth-order valence-electron chi connectivity index (χ4n) is 10.1. The van der Waals surface area contributed by atoms with Gasteiger partial charge in [0, 0.05) is 25.2 Å². The summed E-state index contributed by atoms with van der Waals surface area (Å²) < 4.78 is 0. The lowest BCUT2D eigenvalue weighted by atomic mass is 9.47. The number of ketones is 3. The van der Waals surface area contributed by atoms with Gasteiger partial charge in [0.15, 0.2) is 0 Å². The number of allylic oxidation sites excluding steroid dienone is 1. The van der Waals surface area contributed by atoms with Crippen molar-refractivity contribution >= 4 is 17.3 Å². The molecule has 216 valence electrons. The molecule has 0 bridgehead atoms. The third-order valence-electron chi connectivity index (χ3n) is 12.0. The van der Waals surface area contributed by atoms with Crippen LogP contribution in [0, 0.1) is 45.3 Å². The molecule has 38 heavy (non-hydrogen) atoms. The molecule has 0 heterocycles. The van der Waals surface area contributed by atoms with Crippen molar-refractivity contribution in [3.05, 3.63) is 12.2 Å². The van der Waals surface area contributed by atoms with Crippen LogP contribution in [0.3, 0.4) is 0 Å². The third kappa shape index (κ3) is 6.38. The van der Waals surface area contributed by atoms with Crippen molar-refractivity contribution in [3.8, 4) is 0 Å². The van der Waals surface area contributed by atoms with Crippen LogP contribution in [0.2, 0.25) is 0 Å². The van der Waals surface area contributed by atoms with E-state index in [9.17, 15) is 14.4 Å². The van der Waals surface area contributed by atoms with Gasteiger partial charge in [-0.25, -0.2) is 0 Å². The lowest BCUT2D eigenvalue weighted by Crippen LogP contribution is -2.51. The maximum absolute atomic E-state index is 12.4. The lowest BCUT2D eigenvalue weighted by Gasteiger charge is -2.58. The van der Waals surface area contributed by atoms with Crippen LogP contribution < -0.4 is 0 Å². The Morgan fingerprint density at radius 3 is 1.61 bits per heavy atom. The van der Waals surface area contributed by atoms with E-state index in [1.165, 1.54) is 50.5 Å². The van der Waals surface area contributed by atoms with Crippen molar-refractivity contribution in [3.63, 3.8) is 0 Å². The highest BCUT2D eigenvalue weighted by Gasteiger charge is 2.54. The van der Waals surface area contributed by atoms with Gasteiger partial charge in [0.05, 0.1) is 0 Å². The number of fused-ring (bicyclic) bond motifs is 2. The summed E-state index contributed by atoms with van der Waals surface area (Å²) in [7, 11) is 0. The van der Waals surface area contributed by atoms with Crippen LogP contribution in [-0.2, 0) is 14.4 Å². The molecule has 0 spiro atoms. The van der Waals surface area contributed by atoms with Crippen LogP contribution in [0.25, 0.3) is 0 Å². The Morgan fingerprint density at radius 1 is 0.711 bits per heavy atom. The second kappa shape index (κ2) is 11.7. The van der Waals surface area contributed by atoms with Crippen molar-refractivity contribution in [2.75, 3.05) is 0 Å². The molecule has 3 nitrogen and oxygen atoms in total. The SMILES string of the molecule is C=C1CC[C@H]2C(C)(C)CCC[C@]2(C)[C@H]1CCC(C)=O.CC(=O)CC[C@H]1C(=O)CC[C@H]2C(C)(C)CCC[C@]12C. The van der Waals surface area contributed by atoms with Gasteiger partial charge in [0.25, 0.3) is 0 Å². The highest BCUT2D eigenvalue weighted by molar-refractivity contribution is 5.84. The summed E-state index contributed by atoms with van der Waals surface area (Å²) in [6.07, 6.45) is 15.0. The molecule has 4 rings (SSSR count). The third-order valence-corrected chi connectivity index (χ3v) is 12.0. The molecule has 0 radical (unpaired) electrons. The standard InChI is InChI=1S/C18H30O.C17H28O2/c1-13-7-10-16-17(3,4)11-6-12-18(16,5)15(13)9-8-14(2)19;1-12(18)6-7-13-14(19)8-9-15-16(2,3)10-5-11-17(13,15)4/h15-16H,1,6-12H2,2-5H3;13,15H,5-11H2,1-4H3/t15-,16-,18+;13-,15-,17+/m00/s1. The Bertz CT molecular complexity index is 836. The van der Waals surface area contributed by atoms with E-state index >= 15 is 0 Å². The van der Waals surface area contributed by atoms with Crippen LogP contribution in [0.1, 0.15) is 145 Å². The lowest BCUT2D eigenvalue weighted by molar-refractivity contribution is -0.143. The second-order valence-electron chi connectivity index (χ2n) is 15.6. The molecule has 0 aromatic carbocycles. The molecule has 4 aliphatic rings. The first-order valence-electron chi connectivity index (χ1n) is 15.7. The van der Waals surface area contributed by atoms with Gasteiger partial charge in [0.1, 0.15) is 17.3 Å². The molecule has 0 aromatic heterocycles. The summed E-state index contributed by atoms with van der Waals surface area (Å²) in [4.78, 5) is 35.0. The average molecular weight is 527 g/mol. The highest BCUT2D eigenvalue weighted by atomic mass is 16.1. The zero-order valence-corrected chi connectivity index (χ0v) is 26.1. The number of carbonyl (C=O) groups excluding carboxylic acids is 3. The summed E-state index contributed by atoms with van der Waals surface area (Å²) in [5, 5.41) is 0. The van der Waals surface area contributed by atoms with E-state index < -0.39 is 0 Å². The van der Waals surface area contributed by atoms with Gasteiger partial charge in [-0.1, -0.05) is 66.5 Å². The van der Waals surface area contributed by atoms with Crippen LogP contribution in [0.15, 0.2) is 12.2 Å². The van der Waals surface area contributed by atoms with E-state index in [-0.39, 0.29) is 17.1 Å². The van der Waals surface area contributed by atoms with E-state index in [1.807, 2.05) is 0 Å². The number of hydrogen-bond donors (Lipinski definition) is 0. The summed E-state index contributed by atoms with van der Waals surface area (Å²) >= 11 is 0. The molecule has 0 unspecified atom stereocenters. The molecule has 4 fully saturated rings. The number of rotatable bonds is 6. The normalized spacial score (nSPS) is 37.8. The molecule has 0 amide bonds. The largest absolute Gasteiger partial charge is 0.300 e. The Hall–Kier alpha value is -1.25. The summed E-state index contributed by atoms with van der Waals surface area (Å²) in [6.45, 7) is 22.1. The second-order valence-corrected chi connectivity index (χ2v) is 15.6. The summed E-state index contributed by atoms with van der Waals surface area (Å²) in [6, 6.07) is 0. The van der Waals surface area contributed by atoms with Gasteiger partial charge in [-0.05, 0) is 111 Å².